The molecule has 184 valence electrons. The predicted molar refractivity (Wildman–Crippen MR) is 139 cm³/mol. The van der Waals surface area contributed by atoms with Gasteiger partial charge in [-0.1, -0.05) is 73.3 Å². The smallest absolute Gasteiger partial charge is 0.289 e. The molecule has 0 unspecified atom stereocenters. The van der Waals surface area contributed by atoms with Gasteiger partial charge in [0.15, 0.2) is 10.9 Å². The fraction of sp³-hybridized carbons (Fsp3) is 0.222. The second-order valence-electron chi connectivity index (χ2n) is 8.18. The quantitative estimate of drug-likeness (QED) is 0.150. The fourth-order valence-corrected chi connectivity index (χ4v) is 4.58. The van der Waals surface area contributed by atoms with E-state index in [0.29, 0.717) is 29.5 Å². The molecule has 2 heterocycles. The van der Waals surface area contributed by atoms with Gasteiger partial charge in [0.1, 0.15) is 12.3 Å². The summed E-state index contributed by atoms with van der Waals surface area (Å²) in [5.41, 5.74) is 9.68. The van der Waals surface area contributed by atoms with E-state index >= 15 is 0 Å². The number of rotatable bonds is 10. The molecule has 0 fully saturated rings. The minimum atomic E-state index is -1.08. The van der Waals surface area contributed by atoms with E-state index in [4.69, 9.17) is 15.5 Å². The van der Waals surface area contributed by atoms with E-state index in [2.05, 4.69) is 4.98 Å². The molecule has 4 rings (SSSR count). The maximum absolute atomic E-state index is 13.1. The number of carbonyl (C=O) groups excluding carboxylic acids is 3. The van der Waals surface area contributed by atoms with Crippen LogP contribution in [0.2, 0.25) is 0 Å². The van der Waals surface area contributed by atoms with E-state index in [-0.39, 0.29) is 29.2 Å². The van der Waals surface area contributed by atoms with Crippen LogP contribution in [-0.2, 0) is 22.6 Å². The molecule has 2 aromatic heterocycles. The van der Waals surface area contributed by atoms with Crippen molar-refractivity contribution in [3.8, 4) is 17.0 Å². The number of fused-ring (bicyclic) bond motifs is 1. The number of amides is 1. The number of carbonyl (C=O) groups is 3. The third-order valence-electron chi connectivity index (χ3n) is 5.77. The molecule has 0 aliphatic rings. The lowest BCUT2D eigenvalue weighted by molar-refractivity contribution is -0.119. The van der Waals surface area contributed by atoms with Gasteiger partial charge in [-0.3, -0.25) is 14.4 Å². The van der Waals surface area contributed by atoms with E-state index in [9.17, 15) is 14.4 Å². The van der Waals surface area contributed by atoms with Gasteiger partial charge in [-0.15, -0.1) is 0 Å². The third-order valence-corrected chi connectivity index (χ3v) is 6.32. The van der Waals surface area contributed by atoms with Gasteiger partial charge in [0, 0.05) is 12.2 Å². The van der Waals surface area contributed by atoms with Crippen LogP contribution in [0.5, 0.6) is 5.88 Å². The summed E-state index contributed by atoms with van der Waals surface area (Å²) in [6.07, 6.45) is 2.25. The van der Waals surface area contributed by atoms with Crippen LogP contribution in [-0.4, -0.2) is 44.9 Å². The van der Waals surface area contributed by atoms with Crippen LogP contribution in [0.25, 0.3) is 22.2 Å². The van der Waals surface area contributed by atoms with Crippen LogP contribution in [0, 0.1) is 0 Å². The summed E-state index contributed by atoms with van der Waals surface area (Å²) in [5.74, 6) is -2.06. The summed E-state index contributed by atoms with van der Waals surface area (Å²) in [5, 5.41) is 0.698. The lowest BCUT2D eigenvalue weighted by atomic mass is 9.99. The number of hydrogen-bond donors (Lipinski definition) is 1. The van der Waals surface area contributed by atoms with Crippen molar-refractivity contribution in [2.75, 3.05) is 12.9 Å². The Bertz CT molecular complexity index is 1460. The second-order valence-corrected chi connectivity index (χ2v) is 8.96. The Labute approximate surface area is 212 Å². The molecule has 1 amide bonds. The molecule has 0 bridgehead atoms. The maximum Gasteiger partial charge on any atom is 0.289 e. The van der Waals surface area contributed by atoms with Crippen LogP contribution in [0.1, 0.15) is 35.5 Å². The fourth-order valence-electron chi connectivity index (χ4n) is 4.23. The predicted octanol–water partition coefficient (Wildman–Crippen LogP) is 4.07. The van der Waals surface area contributed by atoms with Crippen molar-refractivity contribution in [3.05, 3.63) is 71.4 Å². The average Bonchev–Trinajstić information content (AvgIpc) is 3.20. The van der Waals surface area contributed by atoms with Crippen LogP contribution < -0.4 is 10.5 Å². The molecular weight excluding hydrogens is 476 g/mol. The molecule has 0 saturated carbocycles. The van der Waals surface area contributed by atoms with Gasteiger partial charge in [0.05, 0.1) is 10.9 Å². The lowest BCUT2D eigenvalue weighted by Gasteiger charge is -2.14. The molecule has 0 radical (unpaired) electrons. The molecule has 4 aromatic rings. The number of ketones is 2. The number of ether oxygens (including phenoxy) is 1. The van der Waals surface area contributed by atoms with Crippen LogP contribution in [0.15, 0.2) is 59.8 Å². The lowest BCUT2D eigenvalue weighted by Crippen LogP contribution is -2.24. The van der Waals surface area contributed by atoms with Gasteiger partial charge in [-0.25, -0.2) is 4.98 Å². The molecular formula is C27H26N4O4S. The van der Waals surface area contributed by atoms with Crippen molar-refractivity contribution in [2.45, 2.75) is 32.0 Å². The van der Waals surface area contributed by atoms with Crippen LogP contribution in [0.4, 0.5) is 0 Å². The van der Waals surface area contributed by atoms with Gasteiger partial charge in [0.2, 0.25) is 5.88 Å². The number of Topliss-reactive ketones (excluding diaryl/α,β-unsaturated/α-hetero) is 2. The number of aromatic nitrogens is 3. The number of primary amides is 1. The summed E-state index contributed by atoms with van der Waals surface area (Å²) < 4.78 is 7.63. The Morgan fingerprint density at radius 1 is 1.03 bits per heavy atom. The monoisotopic (exact) mass is 502 g/mol. The number of nitrogens with two attached hydrogens (primary N) is 1. The van der Waals surface area contributed by atoms with Crippen LogP contribution in [0.3, 0.4) is 0 Å². The molecule has 0 saturated heterocycles. The summed E-state index contributed by atoms with van der Waals surface area (Å²) in [4.78, 5) is 45.9. The Morgan fingerprint density at radius 3 is 2.36 bits per heavy atom. The summed E-state index contributed by atoms with van der Waals surface area (Å²) >= 11 is 1.31. The highest BCUT2D eigenvalue weighted by molar-refractivity contribution is 7.98. The van der Waals surface area contributed by atoms with Crippen molar-refractivity contribution in [2.24, 2.45) is 5.73 Å². The first-order valence-corrected chi connectivity index (χ1v) is 12.6. The average molecular weight is 503 g/mol. The SMILES string of the molecule is CCc1c(C(=O)C(N)=O)c2c(OCC(C)=O)nc(SC)nc2n1Cc1ccccc1-c1ccccc1. The molecule has 0 spiro atoms. The topological polar surface area (TPSA) is 117 Å². The van der Waals surface area contributed by atoms with Crippen molar-refractivity contribution in [1.82, 2.24) is 14.5 Å². The molecule has 8 nitrogen and oxygen atoms in total. The first kappa shape index (κ1) is 25.1. The van der Waals surface area contributed by atoms with E-state index in [1.54, 1.807) is 0 Å². The molecule has 36 heavy (non-hydrogen) atoms. The van der Waals surface area contributed by atoms with Gasteiger partial charge in [-0.2, -0.15) is 4.98 Å². The van der Waals surface area contributed by atoms with Crippen molar-refractivity contribution in [3.63, 3.8) is 0 Å². The van der Waals surface area contributed by atoms with Gasteiger partial charge >= 0.3 is 0 Å². The molecule has 0 atom stereocenters. The highest BCUT2D eigenvalue weighted by Crippen LogP contribution is 2.35. The van der Waals surface area contributed by atoms with E-state index in [1.807, 2.05) is 72.3 Å². The highest BCUT2D eigenvalue weighted by Gasteiger charge is 2.30. The summed E-state index contributed by atoms with van der Waals surface area (Å²) in [6.45, 7) is 3.44. The first-order chi connectivity index (χ1) is 17.3. The minimum Gasteiger partial charge on any atom is -0.469 e. The highest BCUT2D eigenvalue weighted by atomic mass is 32.2. The second kappa shape index (κ2) is 10.7. The zero-order chi connectivity index (χ0) is 25.8. The van der Waals surface area contributed by atoms with Gasteiger partial charge in [0.25, 0.3) is 11.7 Å². The Balaban J connectivity index is 2.00. The van der Waals surface area contributed by atoms with E-state index in [0.717, 1.165) is 16.7 Å². The van der Waals surface area contributed by atoms with Gasteiger partial charge in [-0.05, 0) is 36.3 Å². The molecule has 2 N–H and O–H groups in total. The normalized spacial score (nSPS) is 11.0. The maximum atomic E-state index is 13.1. The molecule has 2 aromatic carbocycles. The minimum absolute atomic E-state index is 0.0777. The number of thioether (sulfide) groups is 1. The van der Waals surface area contributed by atoms with E-state index < -0.39 is 11.7 Å². The molecule has 0 aliphatic heterocycles. The zero-order valence-electron chi connectivity index (χ0n) is 20.3. The standard InChI is InChI=1S/C27H26N4O4S/c1-4-20-21(23(33)24(28)34)22-25(29-27(36-3)30-26(22)35-15-16(2)32)31(20)14-18-12-8-9-13-19(18)17-10-6-5-7-11-17/h5-13H,4,14-15H2,1-3H3,(H2,28,34). The Morgan fingerprint density at radius 2 is 1.72 bits per heavy atom. The van der Waals surface area contributed by atoms with Crippen molar-refractivity contribution in [1.29, 1.82) is 0 Å². The largest absolute Gasteiger partial charge is 0.469 e. The Kier molecular flexibility index (Phi) is 7.49. The molecule has 9 heteroatoms. The van der Waals surface area contributed by atoms with E-state index in [1.165, 1.54) is 18.7 Å². The van der Waals surface area contributed by atoms with Crippen molar-refractivity contribution < 1.29 is 19.1 Å². The molecule has 0 aliphatic carbocycles. The number of nitrogens with zero attached hydrogens (tertiary/aromatic N) is 3. The summed E-state index contributed by atoms with van der Waals surface area (Å²) in [6, 6.07) is 18.0. The summed E-state index contributed by atoms with van der Waals surface area (Å²) in [7, 11) is 0. The first-order valence-electron chi connectivity index (χ1n) is 11.4. The van der Waals surface area contributed by atoms with Crippen molar-refractivity contribution >= 4 is 40.3 Å². The number of hydrogen-bond acceptors (Lipinski definition) is 7. The Hall–Kier alpha value is -3.98. The van der Waals surface area contributed by atoms with Crippen LogP contribution >= 0.6 is 11.8 Å². The zero-order valence-corrected chi connectivity index (χ0v) is 21.1. The third kappa shape index (κ3) is 4.87. The van der Waals surface area contributed by atoms with Gasteiger partial charge < -0.3 is 15.0 Å². The number of benzene rings is 2.